The number of aliphatic carboxylic acids is 1. The first-order valence-corrected chi connectivity index (χ1v) is 6.28. The van der Waals surface area contributed by atoms with Gasteiger partial charge in [-0.1, -0.05) is 0 Å². The SMILES string of the molecule is CNCCC(C)(C(=O)O)c1cc2c(cc1C)OCO2. The van der Waals surface area contributed by atoms with Crippen LogP contribution in [0.2, 0.25) is 0 Å². The lowest BCUT2D eigenvalue weighted by atomic mass is 9.77. The third kappa shape index (κ3) is 2.38. The van der Waals surface area contributed by atoms with Gasteiger partial charge in [0.25, 0.3) is 0 Å². The second-order valence-corrected chi connectivity index (χ2v) is 5.01. The van der Waals surface area contributed by atoms with Crippen LogP contribution in [-0.4, -0.2) is 31.5 Å². The maximum absolute atomic E-state index is 11.7. The van der Waals surface area contributed by atoms with Crippen molar-refractivity contribution in [1.82, 2.24) is 5.32 Å². The van der Waals surface area contributed by atoms with Gasteiger partial charge < -0.3 is 19.9 Å². The van der Waals surface area contributed by atoms with Crippen molar-refractivity contribution in [3.8, 4) is 11.5 Å². The van der Waals surface area contributed by atoms with Crippen LogP contribution in [0.3, 0.4) is 0 Å². The van der Waals surface area contributed by atoms with Gasteiger partial charge in [0.2, 0.25) is 6.79 Å². The molecule has 1 aliphatic heterocycles. The quantitative estimate of drug-likeness (QED) is 0.847. The number of hydrogen-bond acceptors (Lipinski definition) is 4. The van der Waals surface area contributed by atoms with Crippen LogP contribution in [0.4, 0.5) is 0 Å². The Morgan fingerprint density at radius 2 is 2.05 bits per heavy atom. The van der Waals surface area contributed by atoms with E-state index in [1.807, 2.05) is 20.0 Å². The van der Waals surface area contributed by atoms with Crippen LogP contribution in [0.25, 0.3) is 0 Å². The highest BCUT2D eigenvalue weighted by Crippen LogP contribution is 2.40. The summed E-state index contributed by atoms with van der Waals surface area (Å²) in [5.41, 5.74) is 0.749. The van der Waals surface area contributed by atoms with Crippen LogP contribution in [-0.2, 0) is 10.2 Å². The molecule has 2 N–H and O–H groups in total. The molecule has 1 aliphatic rings. The number of benzene rings is 1. The first kappa shape index (κ1) is 13.7. The van der Waals surface area contributed by atoms with Gasteiger partial charge in [-0.2, -0.15) is 0 Å². The van der Waals surface area contributed by atoms with Crippen molar-refractivity contribution < 1.29 is 19.4 Å². The fourth-order valence-electron chi connectivity index (χ4n) is 2.37. The van der Waals surface area contributed by atoms with Crippen molar-refractivity contribution in [3.63, 3.8) is 0 Å². The summed E-state index contributed by atoms with van der Waals surface area (Å²) in [7, 11) is 1.81. The Balaban J connectivity index is 2.45. The zero-order chi connectivity index (χ0) is 14.0. The predicted octanol–water partition coefficient (Wildman–Crippen LogP) is 1.68. The molecule has 1 atom stereocenters. The van der Waals surface area contributed by atoms with Crippen molar-refractivity contribution >= 4 is 5.97 Å². The molecule has 2 rings (SSSR count). The molecular formula is C14H19NO4. The summed E-state index contributed by atoms with van der Waals surface area (Å²) in [6, 6.07) is 3.64. The Kier molecular flexibility index (Phi) is 3.66. The van der Waals surface area contributed by atoms with Crippen LogP contribution < -0.4 is 14.8 Å². The van der Waals surface area contributed by atoms with E-state index in [1.54, 1.807) is 13.0 Å². The Bertz CT molecular complexity index is 500. The summed E-state index contributed by atoms with van der Waals surface area (Å²) in [6.45, 7) is 4.48. The van der Waals surface area contributed by atoms with Gasteiger partial charge in [-0.05, 0) is 57.1 Å². The highest BCUT2D eigenvalue weighted by Gasteiger charge is 2.37. The van der Waals surface area contributed by atoms with Gasteiger partial charge in [0.15, 0.2) is 11.5 Å². The molecule has 5 heteroatoms. The van der Waals surface area contributed by atoms with Gasteiger partial charge in [0, 0.05) is 0 Å². The summed E-state index contributed by atoms with van der Waals surface area (Å²) < 4.78 is 10.6. The van der Waals surface area contributed by atoms with E-state index >= 15 is 0 Å². The van der Waals surface area contributed by atoms with Crippen LogP contribution in [0.15, 0.2) is 12.1 Å². The largest absolute Gasteiger partial charge is 0.481 e. The topological polar surface area (TPSA) is 67.8 Å². The third-order valence-corrected chi connectivity index (χ3v) is 3.66. The predicted molar refractivity (Wildman–Crippen MR) is 70.8 cm³/mol. The molecule has 19 heavy (non-hydrogen) atoms. The van der Waals surface area contributed by atoms with Gasteiger partial charge >= 0.3 is 5.97 Å². The van der Waals surface area contributed by atoms with Crippen molar-refractivity contribution in [2.24, 2.45) is 0 Å². The first-order valence-electron chi connectivity index (χ1n) is 6.28. The van der Waals surface area contributed by atoms with Crippen molar-refractivity contribution in [3.05, 3.63) is 23.3 Å². The van der Waals surface area contributed by atoms with Crippen molar-refractivity contribution in [2.75, 3.05) is 20.4 Å². The summed E-state index contributed by atoms with van der Waals surface area (Å²) in [6.07, 6.45) is 0.513. The molecule has 1 aromatic carbocycles. The number of fused-ring (bicyclic) bond motifs is 1. The maximum Gasteiger partial charge on any atom is 0.313 e. The van der Waals surface area contributed by atoms with Crippen LogP contribution >= 0.6 is 0 Å². The molecule has 0 aliphatic carbocycles. The molecule has 0 amide bonds. The van der Waals surface area contributed by atoms with E-state index in [0.29, 0.717) is 24.5 Å². The van der Waals surface area contributed by atoms with Crippen LogP contribution in [0.5, 0.6) is 11.5 Å². The second kappa shape index (κ2) is 5.09. The van der Waals surface area contributed by atoms with Gasteiger partial charge in [0.05, 0.1) is 5.41 Å². The highest BCUT2D eigenvalue weighted by atomic mass is 16.7. The van der Waals surface area contributed by atoms with Crippen molar-refractivity contribution in [1.29, 1.82) is 0 Å². The minimum absolute atomic E-state index is 0.193. The van der Waals surface area contributed by atoms with Crippen molar-refractivity contribution in [2.45, 2.75) is 25.7 Å². The van der Waals surface area contributed by atoms with Crippen LogP contribution in [0.1, 0.15) is 24.5 Å². The van der Waals surface area contributed by atoms with E-state index in [-0.39, 0.29) is 6.79 Å². The molecule has 0 fully saturated rings. The number of rotatable bonds is 5. The molecule has 0 saturated heterocycles. The minimum Gasteiger partial charge on any atom is -0.481 e. The molecule has 0 saturated carbocycles. The molecule has 1 aromatic rings. The highest BCUT2D eigenvalue weighted by molar-refractivity contribution is 5.82. The van der Waals surface area contributed by atoms with Gasteiger partial charge in [-0.3, -0.25) is 4.79 Å². The van der Waals surface area contributed by atoms with Gasteiger partial charge in [-0.25, -0.2) is 0 Å². The average molecular weight is 265 g/mol. The molecule has 0 radical (unpaired) electrons. The summed E-state index contributed by atoms with van der Waals surface area (Å²) in [5, 5.41) is 12.6. The number of nitrogens with one attached hydrogen (secondary N) is 1. The summed E-state index contributed by atoms with van der Waals surface area (Å²) in [5.74, 6) is 0.477. The lowest BCUT2D eigenvalue weighted by Crippen LogP contribution is -2.36. The monoisotopic (exact) mass is 265 g/mol. The van der Waals surface area contributed by atoms with Gasteiger partial charge in [-0.15, -0.1) is 0 Å². The van der Waals surface area contributed by atoms with E-state index in [0.717, 1.165) is 11.1 Å². The standard InChI is InChI=1S/C14H19NO4/c1-9-6-11-12(19-8-18-11)7-10(9)14(2,13(16)17)4-5-15-3/h6-7,15H,4-5,8H2,1-3H3,(H,16,17). The zero-order valence-corrected chi connectivity index (χ0v) is 11.4. The van der Waals surface area contributed by atoms with Gasteiger partial charge in [0.1, 0.15) is 0 Å². The number of ether oxygens (including phenoxy) is 2. The fourth-order valence-corrected chi connectivity index (χ4v) is 2.37. The number of carboxylic acid groups (broad SMARTS) is 1. The Labute approximate surface area is 112 Å². The molecule has 0 spiro atoms. The van der Waals surface area contributed by atoms with E-state index in [2.05, 4.69) is 5.32 Å². The van der Waals surface area contributed by atoms with E-state index in [1.165, 1.54) is 0 Å². The minimum atomic E-state index is -0.936. The van der Waals surface area contributed by atoms with E-state index in [9.17, 15) is 9.90 Å². The molecule has 5 nitrogen and oxygen atoms in total. The summed E-state index contributed by atoms with van der Waals surface area (Å²) >= 11 is 0. The van der Waals surface area contributed by atoms with E-state index in [4.69, 9.17) is 9.47 Å². The van der Waals surface area contributed by atoms with Crippen LogP contribution in [0, 0.1) is 6.92 Å². The number of aryl methyl sites for hydroxylation is 1. The molecular weight excluding hydrogens is 246 g/mol. The summed E-state index contributed by atoms with van der Waals surface area (Å²) in [4.78, 5) is 11.7. The lowest BCUT2D eigenvalue weighted by Gasteiger charge is -2.27. The molecule has 0 aromatic heterocycles. The molecule has 104 valence electrons. The number of hydrogen-bond donors (Lipinski definition) is 2. The molecule has 1 heterocycles. The first-order chi connectivity index (χ1) is 8.99. The zero-order valence-electron chi connectivity index (χ0n) is 11.4. The Morgan fingerprint density at radius 3 is 2.63 bits per heavy atom. The fraction of sp³-hybridized carbons (Fsp3) is 0.500. The average Bonchev–Trinajstić information content (AvgIpc) is 2.81. The number of carbonyl (C=O) groups is 1. The Morgan fingerprint density at radius 1 is 1.42 bits per heavy atom. The smallest absolute Gasteiger partial charge is 0.313 e. The maximum atomic E-state index is 11.7. The Hall–Kier alpha value is -1.75. The normalized spacial score (nSPS) is 16.2. The second-order valence-electron chi connectivity index (χ2n) is 5.01. The lowest BCUT2D eigenvalue weighted by molar-refractivity contribution is -0.143. The molecule has 0 bridgehead atoms. The number of carboxylic acids is 1. The van der Waals surface area contributed by atoms with E-state index < -0.39 is 11.4 Å². The molecule has 1 unspecified atom stereocenters. The third-order valence-electron chi connectivity index (χ3n) is 3.66.